The van der Waals surface area contributed by atoms with Crippen LogP contribution in [0.5, 0.6) is 0 Å². The summed E-state index contributed by atoms with van der Waals surface area (Å²) < 4.78 is 32.1. The third-order valence-electron chi connectivity index (χ3n) is 2.73. The van der Waals surface area contributed by atoms with Crippen LogP contribution in [0.2, 0.25) is 0 Å². The van der Waals surface area contributed by atoms with Crippen molar-refractivity contribution in [1.82, 2.24) is 0 Å². The fraction of sp³-hybridized carbons (Fsp3) is 0. The van der Waals surface area contributed by atoms with Crippen LogP contribution in [0.15, 0.2) is 69.5 Å². The molecule has 0 spiro atoms. The molecule has 3 aromatic rings. The highest BCUT2D eigenvalue weighted by Gasteiger charge is 2.14. The van der Waals surface area contributed by atoms with E-state index in [0.717, 1.165) is 5.56 Å². The van der Waals surface area contributed by atoms with Crippen LogP contribution in [0.4, 0.5) is 5.00 Å². The number of benzene rings is 1. The van der Waals surface area contributed by atoms with Crippen LogP contribution in [0, 0.1) is 0 Å². The summed E-state index contributed by atoms with van der Waals surface area (Å²) in [6.45, 7) is 0. The molecular weight excluding hydrogens is 294 g/mol. The van der Waals surface area contributed by atoms with Crippen LogP contribution in [-0.4, -0.2) is 8.42 Å². The lowest BCUT2D eigenvalue weighted by molar-refractivity contribution is 0.582. The first-order valence-electron chi connectivity index (χ1n) is 5.85. The molecule has 6 heteroatoms. The van der Waals surface area contributed by atoms with E-state index in [1.54, 1.807) is 48.7 Å². The van der Waals surface area contributed by atoms with Crippen LogP contribution in [0.3, 0.4) is 0 Å². The molecule has 0 unspecified atom stereocenters. The van der Waals surface area contributed by atoms with Crippen LogP contribution in [-0.2, 0) is 10.0 Å². The predicted octanol–water partition coefficient (Wildman–Crippen LogP) is 3.81. The van der Waals surface area contributed by atoms with Gasteiger partial charge < -0.3 is 4.42 Å². The zero-order valence-electron chi connectivity index (χ0n) is 10.3. The highest BCUT2D eigenvalue weighted by molar-refractivity contribution is 7.93. The molecule has 20 heavy (non-hydrogen) atoms. The van der Waals surface area contributed by atoms with Gasteiger partial charge >= 0.3 is 0 Å². The molecule has 0 aliphatic heterocycles. The largest absolute Gasteiger partial charge is 0.464 e. The van der Waals surface area contributed by atoms with Crippen molar-refractivity contribution >= 4 is 26.4 Å². The molecule has 2 aromatic heterocycles. The van der Waals surface area contributed by atoms with Crippen LogP contribution < -0.4 is 4.72 Å². The number of sulfonamides is 1. The van der Waals surface area contributed by atoms with Crippen molar-refractivity contribution < 1.29 is 12.8 Å². The Morgan fingerprint density at radius 1 is 1.00 bits per heavy atom. The zero-order valence-corrected chi connectivity index (χ0v) is 11.9. The summed E-state index contributed by atoms with van der Waals surface area (Å²) in [7, 11) is -3.54. The van der Waals surface area contributed by atoms with E-state index in [0.29, 0.717) is 10.8 Å². The lowest BCUT2D eigenvalue weighted by atomic mass is 10.2. The molecule has 0 fully saturated rings. The summed E-state index contributed by atoms with van der Waals surface area (Å²) >= 11 is 1.34. The van der Waals surface area contributed by atoms with Gasteiger partial charge in [0.25, 0.3) is 10.0 Å². The molecule has 0 aliphatic carbocycles. The van der Waals surface area contributed by atoms with Crippen LogP contribution in [0.25, 0.3) is 11.3 Å². The second kappa shape index (κ2) is 5.15. The summed E-state index contributed by atoms with van der Waals surface area (Å²) in [5.41, 5.74) is 0.838. The van der Waals surface area contributed by atoms with Crippen molar-refractivity contribution in [2.75, 3.05) is 4.72 Å². The van der Waals surface area contributed by atoms with Crippen molar-refractivity contribution in [3.05, 3.63) is 60.2 Å². The topological polar surface area (TPSA) is 59.3 Å². The number of rotatable bonds is 4. The molecular formula is C14H11NO3S2. The molecule has 1 aromatic carbocycles. The second-order valence-electron chi connectivity index (χ2n) is 4.08. The molecule has 0 bridgehead atoms. The Bertz CT molecular complexity index is 774. The van der Waals surface area contributed by atoms with Gasteiger partial charge in [-0.3, -0.25) is 4.72 Å². The number of hydrogen-bond donors (Lipinski definition) is 1. The van der Waals surface area contributed by atoms with E-state index in [1.165, 1.54) is 11.3 Å². The predicted molar refractivity (Wildman–Crippen MR) is 79.3 cm³/mol. The Kier molecular flexibility index (Phi) is 3.33. The van der Waals surface area contributed by atoms with Crippen molar-refractivity contribution in [1.29, 1.82) is 0 Å². The minimum absolute atomic E-state index is 0.223. The molecule has 4 nitrogen and oxygen atoms in total. The number of furan rings is 1. The minimum Gasteiger partial charge on any atom is -0.464 e. The normalized spacial score (nSPS) is 11.4. The summed E-state index contributed by atoms with van der Waals surface area (Å²) in [4.78, 5) is 0.223. The van der Waals surface area contributed by atoms with Crippen LogP contribution >= 0.6 is 11.3 Å². The molecule has 0 saturated carbocycles. The Morgan fingerprint density at radius 2 is 1.80 bits per heavy atom. The summed E-state index contributed by atoms with van der Waals surface area (Å²) in [6, 6.07) is 13.7. The highest BCUT2D eigenvalue weighted by Crippen LogP contribution is 2.24. The quantitative estimate of drug-likeness (QED) is 0.797. The van der Waals surface area contributed by atoms with E-state index in [-0.39, 0.29) is 4.90 Å². The van der Waals surface area contributed by atoms with Gasteiger partial charge in [-0.2, -0.15) is 0 Å². The van der Waals surface area contributed by atoms with E-state index in [2.05, 4.69) is 4.72 Å². The minimum atomic E-state index is -3.54. The van der Waals surface area contributed by atoms with E-state index < -0.39 is 10.0 Å². The molecule has 102 valence electrons. The van der Waals surface area contributed by atoms with Gasteiger partial charge in [0, 0.05) is 5.56 Å². The second-order valence-corrected chi connectivity index (χ2v) is 6.71. The van der Waals surface area contributed by atoms with Crippen molar-refractivity contribution in [2.24, 2.45) is 0 Å². The van der Waals surface area contributed by atoms with E-state index >= 15 is 0 Å². The molecule has 0 amide bonds. The molecule has 0 radical (unpaired) electrons. The van der Waals surface area contributed by atoms with Gasteiger partial charge in [-0.05, 0) is 53.9 Å². The first-order chi connectivity index (χ1) is 9.65. The maximum Gasteiger partial charge on any atom is 0.262 e. The van der Waals surface area contributed by atoms with Crippen molar-refractivity contribution in [3.8, 4) is 11.3 Å². The van der Waals surface area contributed by atoms with Crippen molar-refractivity contribution in [3.63, 3.8) is 0 Å². The molecule has 2 heterocycles. The fourth-order valence-electron chi connectivity index (χ4n) is 1.77. The van der Waals surface area contributed by atoms with Gasteiger partial charge in [0.1, 0.15) is 10.8 Å². The SMILES string of the molecule is O=S(=O)(Nc1cccs1)c1ccc(-c2ccco2)cc1. The molecule has 1 N–H and O–H groups in total. The molecule has 0 aliphatic rings. The third kappa shape index (κ3) is 2.61. The first kappa shape index (κ1) is 13.0. The van der Waals surface area contributed by atoms with Gasteiger partial charge in [0.2, 0.25) is 0 Å². The van der Waals surface area contributed by atoms with E-state index in [1.807, 2.05) is 11.4 Å². The maximum atomic E-state index is 12.2. The van der Waals surface area contributed by atoms with Gasteiger partial charge in [0.15, 0.2) is 0 Å². The first-order valence-corrected chi connectivity index (χ1v) is 8.22. The number of nitrogens with one attached hydrogen (secondary N) is 1. The summed E-state index contributed by atoms with van der Waals surface area (Å²) in [5.74, 6) is 0.708. The fourth-order valence-corrected chi connectivity index (χ4v) is 3.70. The lowest BCUT2D eigenvalue weighted by Crippen LogP contribution is -2.11. The maximum absolute atomic E-state index is 12.2. The average molecular weight is 305 g/mol. The van der Waals surface area contributed by atoms with Gasteiger partial charge in [0.05, 0.1) is 11.2 Å². The van der Waals surface area contributed by atoms with Gasteiger partial charge in [-0.15, -0.1) is 11.3 Å². The highest BCUT2D eigenvalue weighted by atomic mass is 32.2. The number of hydrogen-bond acceptors (Lipinski definition) is 4. The zero-order chi connectivity index (χ0) is 14.0. The lowest BCUT2D eigenvalue weighted by Gasteiger charge is -2.06. The molecule has 3 rings (SSSR count). The summed E-state index contributed by atoms with van der Waals surface area (Å²) in [5, 5.41) is 2.41. The number of anilines is 1. The van der Waals surface area contributed by atoms with E-state index in [4.69, 9.17) is 4.42 Å². The van der Waals surface area contributed by atoms with Crippen LogP contribution in [0.1, 0.15) is 0 Å². The smallest absolute Gasteiger partial charge is 0.262 e. The van der Waals surface area contributed by atoms with Crippen molar-refractivity contribution in [2.45, 2.75) is 4.90 Å². The Balaban J connectivity index is 1.87. The average Bonchev–Trinajstić information content (AvgIpc) is 3.11. The van der Waals surface area contributed by atoms with Gasteiger partial charge in [-0.25, -0.2) is 8.42 Å². The van der Waals surface area contributed by atoms with Gasteiger partial charge in [-0.1, -0.05) is 0 Å². The van der Waals surface area contributed by atoms with E-state index in [9.17, 15) is 8.42 Å². The monoisotopic (exact) mass is 305 g/mol. The Labute approximate surface area is 120 Å². The summed E-state index contributed by atoms with van der Waals surface area (Å²) in [6.07, 6.45) is 1.58. The standard InChI is InChI=1S/C14H11NO3S2/c16-20(17,15-14-4-2-10-19-14)12-7-5-11(6-8-12)13-3-1-9-18-13/h1-10,15H. The Morgan fingerprint density at radius 3 is 2.40 bits per heavy atom. The molecule has 0 atom stereocenters. The third-order valence-corrected chi connectivity index (χ3v) is 5.02. The number of thiophene rings is 1. The Hall–Kier alpha value is -2.05. The molecule has 0 saturated heterocycles.